The van der Waals surface area contributed by atoms with Gasteiger partial charge >= 0.3 is 6.09 Å². The predicted octanol–water partition coefficient (Wildman–Crippen LogP) is 5.39. The van der Waals surface area contributed by atoms with Crippen LogP contribution in [-0.4, -0.2) is 22.1 Å². The fraction of sp³-hybridized carbons (Fsp3) is 0.562. The van der Waals surface area contributed by atoms with Gasteiger partial charge in [-0.05, 0) is 58.2 Å². The molecule has 0 spiro atoms. The standard InChI is InChI=1S/C16H21BrClNO2/c1-15(2,3)21-14(20)19(16(4)7-8-16)10-11-5-6-12(18)9-13(11)17/h5-6,9H,7-8,10H2,1-4H3. The largest absolute Gasteiger partial charge is 0.444 e. The first kappa shape index (κ1) is 16.6. The fourth-order valence-corrected chi connectivity index (χ4v) is 2.87. The Kier molecular flexibility index (Phi) is 4.60. The summed E-state index contributed by atoms with van der Waals surface area (Å²) in [7, 11) is 0. The number of rotatable bonds is 3. The quantitative estimate of drug-likeness (QED) is 0.709. The van der Waals surface area contributed by atoms with E-state index in [1.54, 1.807) is 0 Å². The highest BCUT2D eigenvalue weighted by atomic mass is 79.9. The van der Waals surface area contributed by atoms with Crippen LogP contribution in [0.4, 0.5) is 4.79 Å². The van der Waals surface area contributed by atoms with Crippen molar-refractivity contribution in [2.45, 2.75) is 58.2 Å². The second-order valence-corrected chi connectivity index (χ2v) is 8.09. The predicted molar refractivity (Wildman–Crippen MR) is 88.6 cm³/mol. The van der Waals surface area contributed by atoms with E-state index in [1.807, 2.05) is 43.9 Å². The highest BCUT2D eigenvalue weighted by molar-refractivity contribution is 9.10. The van der Waals surface area contributed by atoms with E-state index in [-0.39, 0.29) is 11.6 Å². The minimum Gasteiger partial charge on any atom is -0.444 e. The van der Waals surface area contributed by atoms with Gasteiger partial charge in [-0.25, -0.2) is 4.79 Å². The lowest BCUT2D eigenvalue weighted by Crippen LogP contribution is -2.43. The second kappa shape index (κ2) is 5.81. The van der Waals surface area contributed by atoms with Gasteiger partial charge in [-0.2, -0.15) is 0 Å². The van der Waals surface area contributed by atoms with Crippen LogP contribution in [0.3, 0.4) is 0 Å². The molecule has 3 nitrogen and oxygen atoms in total. The number of carbonyl (C=O) groups excluding carboxylic acids is 1. The number of amides is 1. The molecule has 5 heteroatoms. The zero-order valence-corrected chi connectivity index (χ0v) is 15.2. The molecule has 0 aromatic heterocycles. The number of benzene rings is 1. The summed E-state index contributed by atoms with van der Waals surface area (Å²) in [5, 5.41) is 0.673. The Balaban J connectivity index is 2.20. The normalized spacial score (nSPS) is 16.5. The van der Waals surface area contributed by atoms with Gasteiger partial charge in [0.15, 0.2) is 0 Å². The maximum absolute atomic E-state index is 12.5. The molecule has 116 valence electrons. The van der Waals surface area contributed by atoms with E-state index in [0.717, 1.165) is 22.9 Å². The van der Waals surface area contributed by atoms with E-state index in [2.05, 4.69) is 22.9 Å². The minimum atomic E-state index is -0.488. The third-order valence-electron chi connectivity index (χ3n) is 3.58. The Morgan fingerprint density at radius 2 is 2.05 bits per heavy atom. The molecule has 0 bridgehead atoms. The Morgan fingerprint density at radius 1 is 1.43 bits per heavy atom. The number of carbonyl (C=O) groups is 1. The van der Waals surface area contributed by atoms with Gasteiger partial charge in [0.05, 0.1) is 6.54 Å². The van der Waals surface area contributed by atoms with Gasteiger partial charge in [-0.15, -0.1) is 0 Å². The molecule has 1 aliphatic carbocycles. The summed E-state index contributed by atoms with van der Waals surface area (Å²) in [6.07, 6.45) is 1.76. The molecule has 2 rings (SSSR count). The highest BCUT2D eigenvalue weighted by Crippen LogP contribution is 2.43. The maximum Gasteiger partial charge on any atom is 0.411 e. The summed E-state index contributed by atoms with van der Waals surface area (Å²) in [6, 6.07) is 5.62. The van der Waals surface area contributed by atoms with Crippen molar-refractivity contribution in [1.82, 2.24) is 4.90 Å². The topological polar surface area (TPSA) is 29.5 Å². The van der Waals surface area contributed by atoms with Crippen LogP contribution < -0.4 is 0 Å². The van der Waals surface area contributed by atoms with E-state index in [1.165, 1.54) is 0 Å². The Hall–Kier alpha value is -0.740. The average molecular weight is 375 g/mol. The zero-order chi connectivity index (χ0) is 15.8. The van der Waals surface area contributed by atoms with E-state index >= 15 is 0 Å². The molecule has 1 aromatic carbocycles. The Bertz CT molecular complexity index is 550. The van der Waals surface area contributed by atoms with E-state index in [9.17, 15) is 4.79 Å². The molecule has 1 fully saturated rings. The van der Waals surface area contributed by atoms with Crippen LogP contribution in [0, 0.1) is 0 Å². The minimum absolute atomic E-state index is 0.0958. The van der Waals surface area contributed by atoms with E-state index in [0.29, 0.717) is 11.6 Å². The van der Waals surface area contributed by atoms with Gasteiger partial charge in [0.2, 0.25) is 0 Å². The van der Waals surface area contributed by atoms with Gasteiger partial charge in [0.25, 0.3) is 0 Å². The smallest absolute Gasteiger partial charge is 0.411 e. The third kappa shape index (κ3) is 4.36. The number of ether oxygens (including phenoxy) is 1. The van der Waals surface area contributed by atoms with Gasteiger partial charge in [-0.1, -0.05) is 33.6 Å². The number of hydrogen-bond acceptors (Lipinski definition) is 2. The van der Waals surface area contributed by atoms with Crippen molar-refractivity contribution in [1.29, 1.82) is 0 Å². The van der Waals surface area contributed by atoms with Gasteiger partial charge in [-0.3, -0.25) is 4.90 Å². The van der Waals surface area contributed by atoms with E-state index < -0.39 is 5.60 Å². The summed E-state index contributed by atoms with van der Waals surface area (Å²) in [5.41, 5.74) is 0.442. The van der Waals surface area contributed by atoms with E-state index in [4.69, 9.17) is 16.3 Å². The lowest BCUT2D eigenvalue weighted by Gasteiger charge is -2.32. The number of nitrogens with zero attached hydrogens (tertiary/aromatic N) is 1. The maximum atomic E-state index is 12.5. The van der Waals surface area contributed by atoms with Crippen LogP contribution in [0.1, 0.15) is 46.1 Å². The summed E-state index contributed by atoms with van der Waals surface area (Å²) in [4.78, 5) is 14.3. The van der Waals surface area contributed by atoms with Crippen LogP contribution >= 0.6 is 27.5 Å². The van der Waals surface area contributed by atoms with Crippen LogP contribution in [0.25, 0.3) is 0 Å². The molecule has 1 amide bonds. The zero-order valence-electron chi connectivity index (χ0n) is 12.9. The molecule has 0 radical (unpaired) electrons. The lowest BCUT2D eigenvalue weighted by molar-refractivity contribution is 0.0126. The Morgan fingerprint density at radius 3 is 2.52 bits per heavy atom. The molecule has 0 atom stereocenters. The molecule has 0 saturated heterocycles. The SMILES string of the molecule is CC(C)(C)OC(=O)N(Cc1ccc(Cl)cc1Br)C1(C)CC1. The second-order valence-electron chi connectivity index (χ2n) is 6.80. The molecule has 0 aliphatic heterocycles. The third-order valence-corrected chi connectivity index (χ3v) is 4.56. The van der Waals surface area contributed by atoms with Crippen LogP contribution in [-0.2, 0) is 11.3 Å². The first-order chi connectivity index (χ1) is 9.61. The molecule has 1 aromatic rings. The summed E-state index contributed by atoms with van der Waals surface area (Å²) in [5.74, 6) is 0. The lowest BCUT2D eigenvalue weighted by atomic mass is 10.1. The van der Waals surface area contributed by atoms with Crippen LogP contribution in [0.5, 0.6) is 0 Å². The Labute approximate surface area is 139 Å². The molecule has 0 unspecified atom stereocenters. The first-order valence-corrected chi connectivity index (χ1v) is 8.22. The van der Waals surface area contributed by atoms with Gasteiger partial charge in [0.1, 0.15) is 5.60 Å². The fourth-order valence-electron chi connectivity index (χ4n) is 2.06. The van der Waals surface area contributed by atoms with Crippen molar-refractivity contribution in [2.24, 2.45) is 0 Å². The number of halogens is 2. The average Bonchev–Trinajstić information content (AvgIpc) is 3.04. The molecule has 21 heavy (non-hydrogen) atoms. The molecule has 1 saturated carbocycles. The van der Waals surface area contributed by atoms with Crippen molar-refractivity contribution in [3.05, 3.63) is 33.3 Å². The van der Waals surface area contributed by atoms with Crippen LogP contribution in [0.2, 0.25) is 5.02 Å². The summed E-state index contributed by atoms with van der Waals surface area (Å²) >= 11 is 9.48. The molecular formula is C16H21BrClNO2. The monoisotopic (exact) mass is 373 g/mol. The van der Waals surface area contributed by atoms with Gasteiger partial charge in [0, 0.05) is 15.0 Å². The number of hydrogen-bond donors (Lipinski definition) is 0. The summed E-state index contributed by atoms with van der Waals surface area (Å²) < 4.78 is 6.46. The van der Waals surface area contributed by atoms with Crippen molar-refractivity contribution in [3.8, 4) is 0 Å². The highest BCUT2D eigenvalue weighted by Gasteiger charge is 2.47. The molecule has 0 N–H and O–H groups in total. The van der Waals surface area contributed by atoms with Crippen molar-refractivity contribution < 1.29 is 9.53 Å². The first-order valence-electron chi connectivity index (χ1n) is 7.05. The molecular weight excluding hydrogens is 354 g/mol. The van der Waals surface area contributed by atoms with Gasteiger partial charge < -0.3 is 4.74 Å². The van der Waals surface area contributed by atoms with Crippen molar-refractivity contribution in [3.63, 3.8) is 0 Å². The molecule has 1 aliphatic rings. The van der Waals surface area contributed by atoms with Crippen molar-refractivity contribution in [2.75, 3.05) is 0 Å². The molecule has 0 heterocycles. The summed E-state index contributed by atoms with van der Waals surface area (Å²) in [6.45, 7) is 8.27. The van der Waals surface area contributed by atoms with Crippen LogP contribution in [0.15, 0.2) is 22.7 Å². The van der Waals surface area contributed by atoms with Crippen molar-refractivity contribution >= 4 is 33.6 Å².